The molecular formula is C8H15OPS. The Labute approximate surface area is 74.2 Å². The monoisotopic (exact) mass is 190 g/mol. The summed E-state index contributed by atoms with van der Waals surface area (Å²) in [6.07, 6.45) is 7.08. The van der Waals surface area contributed by atoms with Crippen LogP contribution in [0.3, 0.4) is 0 Å². The van der Waals surface area contributed by atoms with Gasteiger partial charge in [0.15, 0.2) is 0 Å². The maximum absolute atomic E-state index is 9.96. The van der Waals surface area contributed by atoms with E-state index in [9.17, 15) is 4.79 Å². The van der Waals surface area contributed by atoms with Crippen LogP contribution >= 0.6 is 19.2 Å². The molecule has 3 heteroatoms. The zero-order chi connectivity index (χ0) is 7.94. The number of hydrogen-bond acceptors (Lipinski definition) is 2. The minimum Gasteiger partial charge on any atom is -0.298 e. The highest BCUT2D eigenvalue weighted by Crippen LogP contribution is 2.32. The highest BCUT2D eigenvalue weighted by molar-refractivity contribution is 8.53. The summed E-state index contributed by atoms with van der Waals surface area (Å²) in [5.41, 5.74) is 0. The smallest absolute Gasteiger partial charge is 0.149 e. The summed E-state index contributed by atoms with van der Waals surface area (Å²) >= 11 is 1.79. The van der Waals surface area contributed by atoms with E-state index in [0.717, 1.165) is 11.9 Å². The lowest BCUT2D eigenvalue weighted by Gasteiger charge is -2.24. The van der Waals surface area contributed by atoms with Crippen LogP contribution in [0.2, 0.25) is 0 Å². The van der Waals surface area contributed by atoms with Gasteiger partial charge in [0.25, 0.3) is 0 Å². The molecule has 0 heterocycles. The van der Waals surface area contributed by atoms with Crippen molar-refractivity contribution >= 4 is 25.2 Å². The molecule has 1 fully saturated rings. The number of rotatable bonds is 6. The van der Waals surface area contributed by atoms with E-state index in [0.29, 0.717) is 7.78 Å². The van der Waals surface area contributed by atoms with Crippen LogP contribution < -0.4 is 0 Å². The Morgan fingerprint density at radius 1 is 1.55 bits per heavy atom. The molecule has 64 valence electrons. The minimum atomic E-state index is 0.473. The zero-order valence-corrected chi connectivity index (χ0v) is 8.53. The van der Waals surface area contributed by atoms with Crippen molar-refractivity contribution in [2.45, 2.75) is 32.1 Å². The van der Waals surface area contributed by atoms with Gasteiger partial charge in [-0.3, -0.25) is 4.79 Å². The van der Waals surface area contributed by atoms with E-state index in [1.54, 1.807) is 11.4 Å². The van der Waals surface area contributed by atoms with Crippen LogP contribution in [0.15, 0.2) is 0 Å². The molecule has 1 atom stereocenters. The van der Waals surface area contributed by atoms with Crippen molar-refractivity contribution < 1.29 is 4.79 Å². The molecule has 0 aromatic rings. The maximum atomic E-state index is 9.96. The van der Waals surface area contributed by atoms with E-state index in [4.69, 9.17) is 0 Å². The lowest BCUT2D eigenvalue weighted by atomic mass is 9.82. The summed E-state index contributed by atoms with van der Waals surface area (Å²) in [7, 11) is 0.473. The topological polar surface area (TPSA) is 17.1 Å². The quantitative estimate of drug-likeness (QED) is 0.364. The summed E-state index contributed by atoms with van der Waals surface area (Å²) in [6.45, 7) is 0. The molecule has 0 saturated heterocycles. The molecule has 0 spiro atoms. The van der Waals surface area contributed by atoms with Crippen LogP contribution in [0.4, 0.5) is 0 Å². The molecule has 0 bridgehead atoms. The summed E-state index contributed by atoms with van der Waals surface area (Å²) < 4.78 is 0. The molecule has 1 unspecified atom stereocenters. The predicted molar refractivity (Wildman–Crippen MR) is 54.1 cm³/mol. The van der Waals surface area contributed by atoms with E-state index < -0.39 is 0 Å². The number of carbonyl (C=O) groups is 1. The van der Waals surface area contributed by atoms with Crippen molar-refractivity contribution in [3.63, 3.8) is 0 Å². The molecule has 1 saturated carbocycles. The molecule has 1 rings (SSSR count). The SMILES string of the molecule is O=CPSCCCC1CCC1. The molecule has 0 aromatic heterocycles. The van der Waals surface area contributed by atoms with Crippen LogP contribution in [0.1, 0.15) is 32.1 Å². The van der Waals surface area contributed by atoms with Crippen LogP contribution in [0.25, 0.3) is 0 Å². The summed E-state index contributed by atoms with van der Waals surface area (Å²) in [6, 6.07) is 1.02. The van der Waals surface area contributed by atoms with Gasteiger partial charge >= 0.3 is 0 Å². The van der Waals surface area contributed by atoms with Crippen molar-refractivity contribution in [1.82, 2.24) is 0 Å². The average Bonchev–Trinajstić information content (AvgIpc) is 1.93. The van der Waals surface area contributed by atoms with Crippen LogP contribution in [0.5, 0.6) is 0 Å². The Balaban J connectivity index is 1.76. The van der Waals surface area contributed by atoms with Gasteiger partial charge in [-0.2, -0.15) is 0 Å². The lowest BCUT2D eigenvalue weighted by molar-refractivity contribution is 0.294. The molecule has 1 aliphatic rings. The van der Waals surface area contributed by atoms with Gasteiger partial charge in [-0.25, -0.2) is 0 Å². The molecule has 0 amide bonds. The first-order valence-corrected chi connectivity index (χ1v) is 7.03. The van der Waals surface area contributed by atoms with Crippen LogP contribution in [-0.4, -0.2) is 11.8 Å². The molecule has 0 N–H and O–H groups in total. The second-order valence-electron chi connectivity index (χ2n) is 3.02. The third-order valence-electron chi connectivity index (χ3n) is 2.21. The number of carbonyl (C=O) groups excluding carboxylic acids is 1. The van der Waals surface area contributed by atoms with E-state index in [-0.39, 0.29) is 0 Å². The second kappa shape index (κ2) is 6.02. The van der Waals surface area contributed by atoms with Gasteiger partial charge in [0.1, 0.15) is 6.03 Å². The van der Waals surface area contributed by atoms with Crippen LogP contribution in [-0.2, 0) is 4.79 Å². The Morgan fingerprint density at radius 2 is 2.36 bits per heavy atom. The highest BCUT2D eigenvalue weighted by atomic mass is 32.7. The maximum Gasteiger partial charge on any atom is 0.149 e. The molecule has 1 nitrogen and oxygen atoms in total. The van der Waals surface area contributed by atoms with E-state index in [2.05, 4.69) is 0 Å². The van der Waals surface area contributed by atoms with Gasteiger partial charge in [-0.15, -0.1) is 11.4 Å². The first-order valence-electron chi connectivity index (χ1n) is 4.24. The Kier molecular flexibility index (Phi) is 5.22. The third kappa shape index (κ3) is 4.12. The van der Waals surface area contributed by atoms with Gasteiger partial charge in [0, 0.05) is 7.78 Å². The Bertz CT molecular complexity index is 115. The average molecular weight is 190 g/mol. The normalized spacial score (nSPS) is 18.9. The van der Waals surface area contributed by atoms with E-state index >= 15 is 0 Å². The molecule has 0 aromatic carbocycles. The minimum absolute atomic E-state index is 0.473. The zero-order valence-electron chi connectivity index (χ0n) is 6.71. The molecular weight excluding hydrogens is 175 g/mol. The van der Waals surface area contributed by atoms with Gasteiger partial charge in [-0.1, -0.05) is 19.3 Å². The van der Waals surface area contributed by atoms with Crippen molar-refractivity contribution in [2.24, 2.45) is 5.92 Å². The Morgan fingerprint density at radius 3 is 2.91 bits per heavy atom. The third-order valence-corrected chi connectivity index (χ3v) is 4.37. The molecule has 0 radical (unpaired) electrons. The van der Waals surface area contributed by atoms with Gasteiger partial charge in [0.2, 0.25) is 0 Å². The second-order valence-corrected chi connectivity index (χ2v) is 5.76. The fourth-order valence-electron chi connectivity index (χ4n) is 1.32. The van der Waals surface area contributed by atoms with E-state index in [1.165, 1.54) is 37.9 Å². The van der Waals surface area contributed by atoms with Crippen molar-refractivity contribution in [2.75, 3.05) is 5.75 Å². The highest BCUT2D eigenvalue weighted by Gasteiger charge is 2.15. The summed E-state index contributed by atoms with van der Waals surface area (Å²) in [4.78, 5) is 9.96. The van der Waals surface area contributed by atoms with E-state index in [1.807, 2.05) is 0 Å². The molecule has 11 heavy (non-hydrogen) atoms. The fraction of sp³-hybridized carbons (Fsp3) is 0.875. The van der Waals surface area contributed by atoms with Crippen molar-refractivity contribution in [3.05, 3.63) is 0 Å². The Hall–Kier alpha value is 0.450. The molecule has 0 aliphatic heterocycles. The van der Waals surface area contributed by atoms with Gasteiger partial charge < -0.3 is 0 Å². The van der Waals surface area contributed by atoms with Crippen molar-refractivity contribution in [1.29, 1.82) is 0 Å². The molecule has 1 aliphatic carbocycles. The largest absolute Gasteiger partial charge is 0.298 e. The summed E-state index contributed by atoms with van der Waals surface area (Å²) in [5, 5.41) is 0. The lowest BCUT2D eigenvalue weighted by Crippen LogP contribution is -2.10. The first kappa shape index (κ1) is 9.54. The summed E-state index contributed by atoms with van der Waals surface area (Å²) in [5.74, 6) is 2.23. The first-order chi connectivity index (χ1) is 5.43. The van der Waals surface area contributed by atoms with Crippen LogP contribution in [0, 0.1) is 5.92 Å². The van der Waals surface area contributed by atoms with Crippen molar-refractivity contribution in [3.8, 4) is 0 Å². The van der Waals surface area contributed by atoms with Gasteiger partial charge in [0.05, 0.1) is 0 Å². The number of hydrogen-bond donors (Lipinski definition) is 0. The standard InChI is InChI=1S/C8H15OPS/c9-7-10-11-6-2-5-8-3-1-4-8/h7-8,10H,1-6H2. The van der Waals surface area contributed by atoms with Gasteiger partial charge in [-0.05, 0) is 24.5 Å². The predicted octanol–water partition coefficient (Wildman–Crippen LogP) is 3.08. The fourth-order valence-corrected chi connectivity index (χ4v) is 2.81.